The molecule has 0 radical (unpaired) electrons. The maximum atomic E-state index is 12.1. The number of anilines is 2. The van der Waals surface area contributed by atoms with Gasteiger partial charge >= 0.3 is 0 Å². The van der Waals surface area contributed by atoms with Crippen LogP contribution in [0.25, 0.3) is 0 Å². The summed E-state index contributed by atoms with van der Waals surface area (Å²) in [5.74, 6) is 0.120. The molecule has 2 N–H and O–H groups in total. The molecule has 1 unspecified atom stereocenters. The third-order valence-corrected chi connectivity index (χ3v) is 6.30. The van der Waals surface area contributed by atoms with Crippen molar-refractivity contribution in [3.05, 3.63) is 29.3 Å². The third kappa shape index (κ3) is 4.08. The number of thioether (sulfide) groups is 1. The van der Waals surface area contributed by atoms with Crippen LogP contribution in [0.1, 0.15) is 37.3 Å². The Kier molecular flexibility index (Phi) is 5.73. The summed E-state index contributed by atoms with van der Waals surface area (Å²) in [6, 6.07) is 6.29. The fourth-order valence-corrected chi connectivity index (χ4v) is 4.83. The molecule has 2 aromatic rings. The Labute approximate surface area is 150 Å². The van der Waals surface area contributed by atoms with Crippen molar-refractivity contribution in [3.63, 3.8) is 0 Å². The van der Waals surface area contributed by atoms with Crippen molar-refractivity contribution in [2.24, 2.45) is 0 Å². The summed E-state index contributed by atoms with van der Waals surface area (Å²) in [5, 5.41) is 15.6. The normalized spacial score (nSPS) is 18.1. The van der Waals surface area contributed by atoms with E-state index in [-0.39, 0.29) is 11.2 Å². The van der Waals surface area contributed by atoms with Crippen molar-refractivity contribution < 1.29 is 4.79 Å². The first-order chi connectivity index (χ1) is 11.7. The maximum Gasteiger partial charge on any atom is 0.233 e. The molecule has 7 heteroatoms. The minimum absolute atomic E-state index is 0.0574. The van der Waals surface area contributed by atoms with Gasteiger partial charge in [-0.15, -0.1) is 10.2 Å². The van der Waals surface area contributed by atoms with Gasteiger partial charge in [-0.05, 0) is 37.3 Å². The van der Waals surface area contributed by atoms with Gasteiger partial charge in [0.25, 0.3) is 0 Å². The number of amides is 1. The van der Waals surface area contributed by atoms with Crippen LogP contribution < -0.4 is 10.6 Å². The first kappa shape index (κ1) is 17.2. The minimum atomic E-state index is -0.0574. The van der Waals surface area contributed by atoms with Gasteiger partial charge in [-0.1, -0.05) is 54.6 Å². The van der Waals surface area contributed by atoms with Crippen LogP contribution in [-0.4, -0.2) is 27.9 Å². The SMILES string of the molecule is CCc1cccc(C)c1Nc1nnc(SC2CCCCNC2=O)s1. The molecule has 1 aliphatic rings. The fourth-order valence-electron chi connectivity index (χ4n) is 2.76. The van der Waals surface area contributed by atoms with Crippen LogP contribution in [0.15, 0.2) is 22.5 Å². The summed E-state index contributed by atoms with van der Waals surface area (Å²) in [4.78, 5) is 12.1. The summed E-state index contributed by atoms with van der Waals surface area (Å²) in [6.07, 6.45) is 3.99. The number of aryl methyl sites for hydroxylation is 2. The number of aromatic nitrogens is 2. The molecule has 0 saturated carbocycles. The van der Waals surface area contributed by atoms with Crippen LogP contribution in [-0.2, 0) is 11.2 Å². The Morgan fingerprint density at radius 2 is 2.25 bits per heavy atom. The summed E-state index contributed by atoms with van der Waals surface area (Å²) in [6.45, 7) is 5.02. The maximum absolute atomic E-state index is 12.1. The van der Waals surface area contributed by atoms with Crippen molar-refractivity contribution in [2.45, 2.75) is 49.1 Å². The molecule has 3 rings (SSSR count). The van der Waals surface area contributed by atoms with Crippen LogP contribution in [0.2, 0.25) is 0 Å². The molecule has 1 atom stereocenters. The molecule has 1 fully saturated rings. The van der Waals surface area contributed by atoms with Crippen LogP contribution in [0.4, 0.5) is 10.8 Å². The van der Waals surface area contributed by atoms with E-state index in [0.717, 1.165) is 47.4 Å². The minimum Gasteiger partial charge on any atom is -0.355 e. The molecule has 5 nitrogen and oxygen atoms in total. The second-order valence-electron chi connectivity index (χ2n) is 5.85. The van der Waals surface area contributed by atoms with E-state index in [0.29, 0.717) is 0 Å². The molecule has 1 amide bonds. The molecule has 128 valence electrons. The Morgan fingerprint density at radius 1 is 1.38 bits per heavy atom. The summed E-state index contributed by atoms with van der Waals surface area (Å²) >= 11 is 3.03. The lowest BCUT2D eigenvalue weighted by atomic mass is 10.1. The number of hydrogen-bond acceptors (Lipinski definition) is 6. The number of benzene rings is 1. The number of rotatable bonds is 5. The van der Waals surface area contributed by atoms with E-state index in [1.165, 1.54) is 34.2 Å². The predicted molar refractivity (Wildman–Crippen MR) is 100 cm³/mol. The quantitative estimate of drug-likeness (QED) is 0.844. The second kappa shape index (κ2) is 7.98. The van der Waals surface area contributed by atoms with Crippen LogP contribution in [0.5, 0.6) is 0 Å². The van der Waals surface area contributed by atoms with E-state index in [9.17, 15) is 4.79 Å². The zero-order chi connectivity index (χ0) is 16.9. The molecule has 1 aromatic heterocycles. The van der Waals surface area contributed by atoms with Crippen LogP contribution in [0, 0.1) is 6.92 Å². The molecular formula is C17H22N4OS2. The molecular weight excluding hydrogens is 340 g/mol. The standard InChI is InChI=1S/C17H22N4OS2/c1-3-12-8-6-7-11(2)14(12)19-16-20-21-17(24-16)23-13-9-4-5-10-18-15(13)22/h6-8,13H,3-5,9-10H2,1-2H3,(H,18,22)(H,19,20). The first-order valence-electron chi connectivity index (χ1n) is 8.30. The Hall–Kier alpha value is -1.60. The van der Waals surface area contributed by atoms with E-state index in [4.69, 9.17) is 0 Å². The van der Waals surface area contributed by atoms with Gasteiger partial charge in [0.15, 0.2) is 4.34 Å². The van der Waals surface area contributed by atoms with Crippen LogP contribution >= 0.6 is 23.1 Å². The van der Waals surface area contributed by atoms with Crippen molar-refractivity contribution in [2.75, 3.05) is 11.9 Å². The number of carbonyl (C=O) groups is 1. The predicted octanol–water partition coefficient (Wildman–Crippen LogP) is 3.91. The molecule has 24 heavy (non-hydrogen) atoms. The van der Waals surface area contributed by atoms with Gasteiger partial charge in [-0.2, -0.15) is 0 Å². The Balaban J connectivity index is 1.71. The highest BCUT2D eigenvalue weighted by molar-refractivity contribution is 8.02. The van der Waals surface area contributed by atoms with Crippen molar-refractivity contribution in [1.29, 1.82) is 0 Å². The van der Waals surface area contributed by atoms with Crippen LogP contribution in [0.3, 0.4) is 0 Å². The smallest absolute Gasteiger partial charge is 0.233 e. The number of nitrogens with zero attached hydrogens (tertiary/aromatic N) is 2. The highest BCUT2D eigenvalue weighted by Gasteiger charge is 2.23. The van der Waals surface area contributed by atoms with E-state index >= 15 is 0 Å². The molecule has 1 aromatic carbocycles. The van der Waals surface area contributed by atoms with E-state index in [1.807, 2.05) is 0 Å². The van der Waals surface area contributed by atoms with E-state index in [1.54, 1.807) is 0 Å². The number of hydrogen-bond donors (Lipinski definition) is 2. The van der Waals surface area contributed by atoms with Crippen molar-refractivity contribution in [3.8, 4) is 0 Å². The summed E-state index contributed by atoms with van der Waals surface area (Å²) in [7, 11) is 0. The summed E-state index contributed by atoms with van der Waals surface area (Å²) < 4.78 is 0.839. The fraction of sp³-hybridized carbons (Fsp3) is 0.471. The number of nitrogens with one attached hydrogen (secondary N) is 2. The van der Waals surface area contributed by atoms with Gasteiger partial charge in [-0.3, -0.25) is 4.79 Å². The molecule has 1 aliphatic heterocycles. The topological polar surface area (TPSA) is 66.9 Å². The lowest BCUT2D eigenvalue weighted by Crippen LogP contribution is -2.30. The molecule has 0 bridgehead atoms. The number of para-hydroxylation sites is 1. The highest BCUT2D eigenvalue weighted by atomic mass is 32.2. The van der Waals surface area contributed by atoms with Gasteiger partial charge < -0.3 is 10.6 Å². The highest BCUT2D eigenvalue weighted by Crippen LogP contribution is 2.34. The van der Waals surface area contributed by atoms with Gasteiger partial charge in [-0.25, -0.2) is 0 Å². The first-order valence-corrected chi connectivity index (χ1v) is 10.0. The number of carbonyl (C=O) groups excluding carboxylic acids is 1. The van der Waals surface area contributed by atoms with Gasteiger partial charge in [0.2, 0.25) is 11.0 Å². The van der Waals surface area contributed by atoms with Crippen molar-refractivity contribution >= 4 is 39.8 Å². The van der Waals surface area contributed by atoms with E-state index < -0.39 is 0 Å². The van der Waals surface area contributed by atoms with Gasteiger partial charge in [0, 0.05) is 12.2 Å². The van der Waals surface area contributed by atoms with Crippen molar-refractivity contribution in [1.82, 2.24) is 15.5 Å². The summed E-state index contributed by atoms with van der Waals surface area (Å²) in [5.41, 5.74) is 3.57. The van der Waals surface area contributed by atoms with Gasteiger partial charge in [0.1, 0.15) is 0 Å². The lowest BCUT2D eigenvalue weighted by molar-refractivity contribution is -0.120. The largest absolute Gasteiger partial charge is 0.355 e. The zero-order valence-electron chi connectivity index (χ0n) is 14.0. The average molecular weight is 363 g/mol. The third-order valence-electron chi connectivity index (χ3n) is 4.11. The monoisotopic (exact) mass is 362 g/mol. The lowest BCUT2D eigenvalue weighted by Gasteiger charge is -2.11. The van der Waals surface area contributed by atoms with E-state index in [2.05, 4.69) is 52.9 Å². The second-order valence-corrected chi connectivity index (χ2v) is 8.28. The Bertz CT molecular complexity index is 716. The molecule has 0 spiro atoms. The Morgan fingerprint density at radius 3 is 3.08 bits per heavy atom. The average Bonchev–Trinajstić information content (AvgIpc) is 2.92. The molecule has 1 saturated heterocycles. The van der Waals surface area contributed by atoms with Gasteiger partial charge in [0.05, 0.1) is 5.25 Å². The zero-order valence-corrected chi connectivity index (χ0v) is 15.6. The molecule has 0 aliphatic carbocycles. The molecule has 2 heterocycles.